The van der Waals surface area contributed by atoms with Crippen LogP contribution >= 0.6 is 0 Å². The number of carbonyl (C=O) groups is 1. The second kappa shape index (κ2) is 5.45. The van der Waals surface area contributed by atoms with Gasteiger partial charge in [0.15, 0.2) is 0 Å². The molecule has 1 aromatic rings. The van der Waals surface area contributed by atoms with Crippen molar-refractivity contribution in [3.05, 3.63) is 41.0 Å². The standard InChI is InChI=1S/C17H20N2O2/c1-11-8-14(17(20)21-3)4-5-15(11)18-12(2)9-13-6-7-19-10-16(13)19/h4-5,8-9,16H,6-7,10H2,1-3H3/b13-9-,18-12?. The van der Waals surface area contributed by atoms with Gasteiger partial charge in [0.1, 0.15) is 0 Å². The summed E-state index contributed by atoms with van der Waals surface area (Å²) < 4.78 is 4.73. The number of esters is 1. The van der Waals surface area contributed by atoms with Gasteiger partial charge in [0.2, 0.25) is 0 Å². The molecule has 2 heterocycles. The summed E-state index contributed by atoms with van der Waals surface area (Å²) in [5, 5.41) is 0. The largest absolute Gasteiger partial charge is 0.465 e. The second-order valence-electron chi connectivity index (χ2n) is 5.73. The maximum Gasteiger partial charge on any atom is 0.337 e. The average molecular weight is 284 g/mol. The normalized spacial score (nSPS) is 25.9. The molecule has 0 bridgehead atoms. The number of fused-ring (bicyclic) bond motifs is 1. The molecule has 21 heavy (non-hydrogen) atoms. The van der Waals surface area contributed by atoms with Crippen molar-refractivity contribution in [3.63, 3.8) is 0 Å². The van der Waals surface area contributed by atoms with Crippen LogP contribution in [0.1, 0.15) is 29.3 Å². The molecule has 0 spiro atoms. The molecule has 2 unspecified atom stereocenters. The summed E-state index contributed by atoms with van der Waals surface area (Å²) in [6.07, 6.45) is 3.38. The number of aliphatic imine (C=N–C) groups is 1. The monoisotopic (exact) mass is 284 g/mol. The molecule has 1 aromatic carbocycles. The molecule has 4 nitrogen and oxygen atoms in total. The third-order valence-electron chi connectivity index (χ3n) is 4.14. The predicted molar refractivity (Wildman–Crippen MR) is 83.3 cm³/mol. The van der Waals surface area contributed by atoms with E-state index in [1.54, 1.807) is 6.07 Å². The van der Waals surface area contributed by atoms with Crippen molar-refractivity contribution < 1.29 is 9.53 Å². The van der Waals surface area contributed by atoms with Gasteiger partial charge in [0.05, 0.1) is 18.4 Å². The Kier molecular flexibility index (Phi) is 3.64. The maximum absolute atomic E-state index is 11.5. The Morgan fingerprint density at radius 1 is 1.48 bits per heavy atom. The number of nitrogens with zero attached hydrogens (tertiary/aromatic N) is 2. The molecule has 4 heteroatoms. The number of hydrogen-bond donors (Lipinski definition) is 0. The lowest BCUT2D eigenvalue weighted by atomic mass is 10.1. The van der Waals surface area contributed by atoms with Gasteiger partial charge in [-0.25, -0.2) is 4.79 Å². The number of carbonyl (C=O) groups excluding carboxylic acids is 1. The summed E-state index contributed by atoms with van der Waals surface area (Å²) in [4.78, 5) is 18.6. The van der Waals surface area contributed by atoms with Crippen molar-refractivity contribution in [2.75, 3.05) is 20.2 Å². The van der Waals surface area contributed by atoms with Crippen molar-refractivity contribution in [3.8, 4) is 0 Å². The van der Waals surface area contributed by atoms with Gasteiger partial charge >= 0.3 is 5.97 Å². The molecule has 0 N–H and O–H groups in total. The summed E-state index contributed by atoms with van der Waals surface area (Å²) in [7, 11) is 1.39. The van der Waals surface area contributed by atoms with Crippen LogP contribution in [-0.4, -0.2) is 42.8 Å². The molecule has 2 aliphatic rings. The number of benzene rings is 1. The second-order valence-corrected chi connectivity index (χ2v) is 5.73. The van der Waals surface area contributed by atoms with Gasteiger partial charge in [-0.3, -0.25) is 9.89 Å². The third kappa shape index (κ3) is 2.90. The van der Waals surface area contributed by atoms with Gasteiger partial charge < -0.3 is 4.74 Å². The quantitative estimate of drug-likeness (QED) is 0.487. The van der Waals surface area contributed by atoms with Crippen LogP contribution in [0.3, 0.4) is 0 Å². The molecular formula is C17H20N2O2. The zero-order chi connectivity index (χ0) is 15.0. The highest BCUT2D eigenvalue weighted by Gasteiger charge is 2.41. The molecule has 0 aromatic heterocycles. The van der Waals surface area contributed by atoms with E-state index in [0.29, 0.717) is 11.6 Å². The first-order valence-corrected chi connectivity index (χ1v) is 7.27. The molecule has 0 saturated carbocycles. The van der Waals surface area contributed by atoms with Crippen molar-refractivity contribution >= 4 is 17.4 Å². The van der Waals surface area contributed by atoms with Gasteiger partial charge in [-0.05, 0) is 55.7 Å². The lowest BCUT2D eigenvalue weighted by Gasteiger charge is -2.05. The Balaban J connectivity index is 1.80. The Hall–Kier alpha value is -1.94. The van der Waals surface area contributed by atoms with Gasteiger partial charge in [-0.1, -0.05) is 0 Å². The van der Waals surface area contributed by atoms with E-state index >= 15 is 0 Å². The van der Waals surface area contributed by atoms with E-state index in [1.165, 1.54) is 25.8 Å². The maximum atomic E-state index is 11.5. The Morgan fingerprint density at radius 2 is 2.29 bits per heavy atom. The topological polar surface area (TPSA) is 41.7 Å². The summed E-state index contributed by atoms with van der Waals surface area (Å²) in [6.45, 7) is 6.40. The molecule has 2 atom stereocenters. The molecule has 0 amide bonds. The van der Waals surface area contributed by atoms with Gasteiger partial charge in [-0.15, -0.1) is 0 Å². The van der Waals surface area contributed by atoms with Crippen molar-refractivity contribution in [2.45, 2.75) is 26.3 Å². The van der Waals surface area contributed by atoms with Gasteiger partial charge in [-0.2, -0.15) is 0 Å². The number of aryl methyl sites for hydroxylation is 1. The number of piperidine rings is 1. The molecule has 0 aliphatic carbocycles. The summed E-state index contributed by atoms with van der Waals surface area (Å²) in [5.74, 6) is -0.313. The van der Waals surface area contributed by atoms with E-state index in [4.69, 9.17) is 4.74 Å². The Morgan fingerprint density at radius 3 is 2.86 bits per heavy atom. The minimum absolute atomic E-state index is 0.313. The van der Waals surface area contributed by atoms with Crippen LogP contribution in [0.4, 0.5) is 5.69 Å². The number of methoxy groups -OCH3 is 1. The van der Waals surface area contributed by atoms with Gasteiger partial charge in [0.25, 0.3) is 0 Å². The molecule has 2 aliphatic heterocycles. The number of allylic oxidation sites excluding steroid dienone is 1. The minimum Gasteiger partial charge on any atom is -0.465 e. The summed E-state index contributed by atoms with van der Waals surface area (Å²) >= 11 is 0. The lowest BCUT2D eigenvalue weighted by molar-refractivity contribution is 0.0600. The van der Waals surface area contributed by atoms with Crippen molar-refractivity contribution in [1.29, 1.82) is 0 Å². The van der Waals surface area contributed by atoms with E-state index in [2.05, 4.69) is 16.0 Å². The van der Waals surface area contributed by atoms with Crippen LogP contribution < -0.4 is 0 Å². The zero-order valence-electron chi connectivity index (χ0n) is 12.7. The lowest BCUT2D eigenvalue weighted by Crippen LogP contribution is -2.01. The first kappa shape index (κ1) is 14.0. The number of rotatable bonds is 3. The van der Waals surface area contributed by atoms with E-state index < -0.39 is 0 Å². The van der Waals surface area contributed by atoms with E-state index in [0.717, 1.165) is 23.4 Å². The SMILES string of the molecule is COC(=O)c1ccc(N=C(C)/C=C2/CCN3CC23)c(C)c1. The number of hydrogen-bond acceptors (Lipinski definition) is 4. The first-order valence-electron chi connectivity index (χ1n) is 7.27. The van der Waals surface area contributed by atoms with Crippen LogP contribution in [0.2, 0.25) is 0 Å². The summed E-state index contributed by atoms with van der Waals surface area (Å²) in [6, 6.07) is 6.14. The average Bonchev–Trinajstić information content (AvgIpc) is 3.16. The highest BCUT2D eigenvalue weighted by Crippen LogP contribution is 2.34. The van der Waals surface area contributed by atoms with E-state index in [1.807, 2.05) is 26.0 Å². The van der Waals surface area contributed by atoms with Crippen molar-refractivity contribution in [1.82, 2.24) is 4.90 Å². The number of ether oxygens (including phenoxy) is 1. The van der Waals surface area contributed by atoms with Crippen LogP contribution in [0.25, 0.3) is 0 Å². The van der Waals surface area contributed by atoms with E-state index in [9.17, 15) is 4.79 Å². The van der Waals surface area contributed by atoms with Crippen LogP contribution in [0, 0.1) is 6.92 Å². The molecule has 2 saturated heterocycles. The molecule has 0 radical (unpaired) electrons. The molecule has 2 fully saturated rings. The molecular weight excluding hydrogens is 264 g/mol. The molecule has 3 rings (SSSR count). The first-order chi connectivity index (χ1) is 10.1. The fraction of sp³-hybridized carbons (Fsp3) is 0.412. The van der Waals surface area contributed by atoms with Crippen molar-refractivity contribution in [2.24, 2.45) is 4.99 Å². The highest BCUT2D eigenvalue weighted by molar-refractivity contribution is 5.96. The van der Waals surface area contributed by atoms with Gasteiger partial charge in [0, 0.05) is 24.8 Å². The Labute approximate surface area is 125 Å². The third-order valence-corrected chi connectivity index (χ3v) is 4.14. The smallest absolute Gasteiger partial charge is 0.337 e. The van der Waals surface area contributed by atoms with E-state index in [-0.39, 0.29) is 5.97 Å². The fourth-order valence-corrected chi connectivity index (χ4v) is 2.90. The minimum atomic E-state index is -0.313. The fourth-order valence-electron chi connectivity index (χ4n) is 2.90. The zero-order valence-corrected chi connectivity index (χ0v) is 12.7. The predicted octanol–water partition coefficient (Wildman–Crippen LogP) is 2.89. The highest BCUT2D eigenvalue weighted by atomic mass is 16.5. The molecule has 110 valence electrons. The summed E-state index contributed by atoms with van der Waals surface area (Å²) in [5.41, 5.74) is 4.97. The van der Waals surface area contributed by atoms with Crippen LogP contribution in [0.5, 0.6) is 0 Å². The van der Waals surface area contributed by atoms with Crippen LogP contribution in [-0.2, 0) is 4.74 Å². The van der Waals surface area contributed by atoms with Crippen LogP contribution in [0.15, 0.2) is 34.8 Å². The Bertz CT molecular complexity index is 646.